The van der Waals surface area contributed by atoms with E-state index in [1.54, 1.807) is 23.0 Å². The fourth-order valence-electron chi connectivity index (χ4n) is 3.51. The first-order valence-corrected chi connectivity index (χ1v) is 12.1. The maximum atomic E-state index is 12.7. The average molecular weight is 467 g/mol. The lowest BCUT2D eigenvalue weighted by Crippen LogP contribution is -2.36. The molecule has 1 aromatic heterocycles. The maximum absolute atomic E-state index is 12.7. The number of nitriles is 1. The van der Waals surface area contributed by atoms with Crippen LogP contribution >= 0.6 is 11.6 Å². The van der Waals surface area contributed by atoms with E-state index in [1.807, 2.05) is 48.5 Å². The summed E-state index contributed by atoms with van der Waals surface area (Å²) in [5.74, 6) is -0.683. The molecule has 1 N–H and O–H groups in total. The zero-order chi connectivity index (χ0) is 22.7. The van der Waals surface area contributed by atoms with Gasteiger partial charge in [-0.15, -0.1) is 0 Å². The van der Waals surface area contributed by atoms with Crippen LogP contribution in [-0.2, 0) is 14.6 Å². The van der Waals surface area contributed by atoms with Crippen LogP contribution in [0, 0.1) is 11.3 Å². The van der Waals surface area contributed by atoms with Crippen LogP contribution in [-0.4, -0.2) is 41.7 Å². The van der Waals surface area contributed by atoms with Gasteiger partial charge in [-0.2, -0.15) is 10.4 Å². The van der Waals surface area contributed by atoms with E-state index in [0.717, 1.165) is 11.3 Å². The summed E-state index contributed by atoms with van der Waals surface area (Å²) in [6.45, 7) is 0. The summed E-state index contributed by atoms with van der Waals surface area (Å²) in [7, 11) is -3.15. The van der Waals surface area contributed by atoms with Crippen LogP contribution in [0.4, 0.5) is 0 Å². The largest absolute Gasteiger partial charge is 0.348 e. The average Bonchev–Trinajstić information content (AvgIpc) is 3.35. The second kappa shape index (κ2) is 8.99. The molecular weight excluding hydrogens is 448 g/mol. The van der Waals surface area contributed by atoms with E-state index < -0.39 is 21.8 Å². The molecule has 162 valence electrons. The molecule has 0 spiro atoms. The monoisotopic (exact) mass is 466 g/mol. The van der Waals surface area contributed by atoms with E-state index in [-0.39, 0.29) is 17.1 Å². The molecule has 0 aliphatic carbocycles. The summed E-state index contributed by atoms with van der Waals surface area (Å²) >= 11 is 6.01. The van der Waals surface area contributed by atoms with E-state index in [9.17, 15) is 18.5 Å². The van der Waals surface area contributed by atoms with Crippen molar-refractivity contribution in [1.29, 1.82) is 5.26 Å². The number of aromatic nitrogens is 2. The van der Waals surface area contributed by atoms with Crippen LogP contribution in [0.3, 0.4) is 0 Å². The van der Waals surface area contributed by atoms with Crippen molar-refractivity contribution in [2.24, 2.45) is 0 Å². The number of carbonyl (C=O) groups is 1. The van der Waals surface area contributed by atoms with Crippen molar-refractivity contribution in [3.05, 3.63) is 77.0 Å². The van der Waals surface area contributed by atoms with E-state index in [4.69, 9.17) is 11.6 Å². The first-order chi connectivity index (χ1) is 15.3. The van der Waals surface area contributed by atoms with Crippen molar-refractivity contribution in [3.63, 3.8) is 0 Å². The molecule has 2 aromatic carbocycles. The Morgan fingerprint density at radius 3 is 2.53 bits per heavy atom. The number of sulfone groups is 1. The van der Waals surface area contributed by atoms with Crippen LogP contribution in [0.25, 0.3) is 23.0 Å². The summed E-state index contributed by atoms with van der Waals surface area (Å²) in [4.78, 5) is 12.7. The predicted octanol–water partition coefficient (Wildman–Crippen LogP) is 3.40. The first kappa shape index (κ1) is 21.8. The van der Waals surface area contributed by atoms with Gasteiger partial charge in [-0.1, -0.05) is 41.9 Å². The second-order valence-corrected chi connectivity index (χ2v) is 10.1. The molecule has 1 aliphatic rings. The van der Waals surface area contributed by atoms with Crippen molar-refractivity contribution in [1.82, 2.24) is 15.1 Å². The Kier molecular flexibility index (Phi) is 6.12. The fraction of sp³-hybridized carbons (Fsp3) is 0.174. The lowest BCUT2D eigenvalue weighted by atomic mass is 10.1. The minimum atomic E-state index is -3.15. The predicted molar refractivity (Wildman–Crippen MR) is 123 cm³/mol. The molecule has 32 heavy (non-hydrogen) atoms. The lowest BCUT2D eigenvalue weighted by Gasteiger charge is -2.09. The minimum Gasteiger partial charge on any atom is -0.348 e. The standard InChI is InChI=1S/C23H19ClN4O3S/c24-19-8-6-16(7-9-19)22-18(14-28(27-22)21-4-2-1-3-5-21)12-17(13-25)23(29)26-20-10-11-32(30,31)15-20/h1-9,12,14,20H,10-11,15H2,(H,26,29)/b17-12+. The van der Waals surface area contributed by atoms with Gasteiger partial charge in [0, 0.05) is 28.4 Å². The number of hydrogen-bond acceptors (Lipinski definition) is 5. The number of para-hydroxylation sites is 1. The molecule has 0 saturated carbocycles. The second-order valence-electron chi connectivity index (χ2n) is 7.46. The highest BCUT2D eigenvalue weighted by Gasteiger charge is 2.29. The highest BCUT2D eigenvalue weighted by molar-refractivity contribution is 7.91. The highest BCUT2D eigenvalue weighted by atomic mass is 35.5. The molecule has 0 radical (unpaired) electrons. The van der Waals surface area contributed by atoms with E-state index in [0.29, 0.717) is 22.7 Å². The van der Waals surface area contributed by atoms with Gasteiger partial charge in [0.25, 0.3) is 5.91 Å². The minimum absolute atomic E-state index is 0.0358. The van der Waals surface area contributed by atoms with Gasteiger partial charge >= 0.3 is 0 Å². The number of nitrogens with zero attached hydrogens (tertiary/aromatic N) is 3. The smallest absolute Gasteiger partial charge is 0.262 e. The third-order valence-electron chi connectivity index (χ3n) is 5.11. The quantitative estimate of drug-likeness (QED) is 0.458. The van der Waals surface area contributed by atoms with E-state index in [1.165, 1.54) is 6.08 Å². The molecule has 1 amide bonds. The van der Waals surface area contributed by atoms with Gasteiger partial charge in [-0.25, -0.2) is 13.1 Å². The summed E-state index contributed by atoms with van der Waals surface area (Å²) in [6, 6.07) is 18.0. The SMILES string of the molecule is N#C/C(=C\c1cn(-c2ccccc2)nc1-c1ccc(Cl)cc1)C(=O)NC1CCS(=O)(=O)C1. The van der Waals surface area contributed by atoms with E-state index in [2.05, 4.69) is 10.4 Å². The number of carbonyl (C=O) groups excluding carboxylic acids is 1. The van der Waals surface area contributed by atoms with Crippen LogP contribution in [0.15, 0.2) is 66.4 Å². The van der Waals surface area contributed by atoms with Gasteiger partial charge in [0.1, 0.15) is 11.6 Å². The van der Waals surface area contributed by atoms with Gasteiger partial charge in [-0.3, -0.25) is 4.79 Å². The van der Waals surface area contributed by atoms with Gasteiger partial charge in [0.15, 0.2) is 9.84 Å². The van der Waals surface area contributed by atoms with Gasteiger partial charge in [0.2, 0.25) is 0 Å². The molecule has 7 nitrogen and oxygen atoms in total. The third-order valence-corrected chi connectivity index (χ3v) is 7.13. The van der Waals surface area contributed by atoms with Crippen molar-refractivity contribution < 1.29 is 13.2 Å². The first-order valence-electron chi connectivity index (χ1n) is 9.89. The van der Waals surface area contributed by atoms with Crippen molar-refractivity contribution in [2.75, 3.05) is 11.5 Å². The number of halogens is 1. The lowest BCUT2D eigenvalue weighted by molar-refractivity contribution is -0.117. The number of amides is 1. The van der Waals surface area contributed by atoms with Gasteiger partial charge < -0.3 is 5.32 Å². The van der Waals surface area contributed by atoms with Gasteiger partial charge in [0.05, 0.1) is 22.9 Å². The molecule has 1 aliphatic heterocycles. The maximum Gasteiger partial charge on any atom is 0.262 e. The molecular formula is C23H19ClN4O3S. The summed E-state index contributed by atoms with van der Waals surface area (Å²) < 4.78 is 25.0. The Balaban J connectivity index is 1.71. The molecule has 1 saturated heterocycles. The summed E-state index contributed by atoms with van der Waals surface area (Å²) in [5, 5.41) is 17.5. The zero-order valence-corrected chi connectivity index (χ0v) is 18.5. The molecule has 9 heteroatoms. The Morgan fingerprint density at radius 1 is 1.19 bits per heavy atom. The van der Waals surface area contributed by atoms with Crippen molar-refractivity contribution >= 4 is 33.4 Å². The Hall–Kier alpha value is -3.41. The summed E-state index contributed by atoms with van der Waals surface area (Å²) in [5.41, 5.74) is 2.62. The normalized spacial score (nSPS) is 17.6. The molecule has 1 fully saturated rings. The van der Waals surface area contributed by atoms with E-state index >= 15 is 0 Å². The molecule has 1 unspecified atom stereocenters. The topological polar surface area (TPSA) is 105 Å². The number of benzene rings is 2. The highest BCUT2D eigenvalue weighted by Crippen LogP contribution is 2.27. The molecule has 0 bridgehead atoms. The Bertz CT molecular complexity index is 1320. The molecule has 3 aromatic rings. The Labute approximate surface area is 190 Å². The number of nitrogens with one attached hydrogen (secondary N) is 1. The molecule has 1 atom stereocenters. The van der Waals surface area contributed by atoms with Gasteiger partial charge in [-0.05, 0) is 36.8 Å². The third kappa shape index (κ3) is 4.90. The van der Waals surface area contributed by atoms with Crippen LogP contribution in [0.1, 0.15) is 12.0 Å². The van der Waals surface area contributed by atoms with Crippen LogP contribution in [0.5, 0.6) is 0 Å². The summed E-state index contributed by atoms with van der Waals surface area (Å²) in [6.07, 6.45) is 3.55. The zero-order valence-electron chi connectivity index (χ0n) is 16.9. The number of rotatable bonds is 5. The van der Waals surface area contributed by atoms with Crippen molar-refractivity contribution in [2.45, 2.75) is 12.5 Å². The molecule has 4 rings (SSSR count). The van der Waals surface area contributed by atoms with Crippen LogP contribution in [0.2, 0.25) is 5.02 Å². The van der Waals surface area contributed by atoms with Crippen LogP contribution < -0.4 is 5.32 Å². The fourth-order valence-corrected chi connectivity index (χ4v) is 5.31. The Morgan fingerprint density at radius 2 is 1.91 bits per heavy atom. The molecule has 2 heterocycles. The number of hydrogen-bond donors (Lipinski definition) is 1. The van der Waals surface area contributed by atoms with Crippen molar-refractivity contribution in [3.8, 4) is 23.0 Å².